The highest BCUT2D eigenvalue weighted by Crippen LogP contribution is 2.19. The minimum atomic E-state index is -0.0827. The van der Waals surface area contributed by atoms with Crippen LogP contribution in [0.15, 0.2) is 16.8 Å². The molecule has 20 heavy (non-hydrogen) atoms. The Labute approximate surface area is 130 Å². The second-order valence-electron chi connectivity index (χ2n) is 5.07. The summed E-state index contributed by atoms with van der Waals surface area (Å²) < 4.78 is 0. The normalized spacial score (nSPS) is 14.1. The van der Waals surface area contributed by atoms with E-state index in [1.54, 1.807) is 23.1 Å². The highest BCUT2D eigenvalue weighted by molar-refractivity contribution is 7.98. The zero-order chi connectivity index (χ0) is 15.0. The van der Waals surface area contributed by atoms with Crippen molar-refractivity contribution < 1.29 is 4.79 Å². The van der Waals surface area contributed by atoms with Crippen molar-refractivity contribution in [3.05, 3.63) is 22.4 Å². The predicted octanol–water partition coefficient (Wildman–Crippen LogP) is 2.79. The Morgan fingerprint density at radius 1 is 1.50 bits per heavy atom. The van der Waals surface area contributed by atoms with Gasteiger partial charge in [0.05, 0.1) is 6.04 Å². The minimum Gasteiger partial charge on any atom is -0.336 e. The third-order valence-electron chi connectivity index (χ3n) is 3.14. The summed E-state index contributed by atoms with van der Waals surface area (Å²) in [5.74, 6) is 1.07. The molecule has 0 radical (unpaired) electrons. The fraction of sp³-hybridized carbons (Fsp3) is 0.643. The molecule has 1 heterocycles. The summed E-state index contributed by atoms with van der Waals surface area (Å²) in [6.07, 6.45) is 3.07. The smallest absolute Gasteiger partial charge is 0.315 e. The van der Waals surface area contributed by atoms with Gasteiger partial charge in [-0.05, 0) is 61.8 Å². The fourth-order valence-electron chi connectivity index (χ4n) is 1.89. The third-order valence-corrected chi connectivity index (χ3v) is 4.49. The number of carbonyl (C=O) groups excluding carboxylic acids is 1. The van der Waals surface area contributed by atoms with Crippen molar-refractivity contribution in [2.45, 2.75) is 25.4 Å². The van der Waals surface area contributed by atoms with Gasteiger partial charge < -0.3 is 15.5 Å². The molecule has 6 heteroatoms. The van der Waals surface area contributed by atoms with Gasteiger partial charge in [0, 0.05) is 12.6 Å². The zero-order valence-corrected chi connectivity index (χ0v) is 14.3. The largest absolute Gasteiger partial charge is 0.336 e. The number of rotatable bonds is 8. The first kappa shape index (κ1) is 17.3. The van der Waals surface area contributed by atoms with E-state index in [0.717, 1.165) is 12.2 Å². The van der Waals surface area contributed by atoms with Crippen molar-refractivity contribution >= 4 is 29.1 Å². The first-order chi connectivity index (χ1) is 9.54. The molecule has 2 atom stereocenters. The number of carbonyl (C=O) groups is 1. The van der Waals surface area contributed by atoms with Crippen molar-refractivity contribution in [1.82, 2.24) is 15.5 Å². The van der Waals surface area contributed by atoms with Gasteiger partial charge in [-0.3, -0.25) is 0 Å². The van der Waals surface area contributed by atoms with Crippen LogP contribution in [-0.4, -0.2) is 49.6 Å². The van der Waals surface area contributed by atoms with Crippen LogP contribution in [-0.2, 0) is 0 Å². The molecule has 0 saturated carbocycles. The molecule has 0 aromatic carbocycles. The van der Waals surface area contributed by atoms with Crippen LogP contribution in [0.25, 0.3) is 0 Å². The Balaban J connectivity index is 2.38. The van der Waals surface area contributed by atoms with E-state index < -0.39 is 0 Å². The average Bonchev–Trinajstić information content (AvgIpc) is 2.90. The maximum atomic E-state index is 11.9. The predicted molar refractivity (Wildman–Crippen MR) is 89.7 cm³/mol. The summed E-state index contributed by atoms with van der Waals surface area (Å²) in [4.78, 5) is 14.0. The molecule has 1 rings (SSSR count). The molecule has 1 aromatic rings. The van der Waals surface area contributed by atoms with Gasteiger partial charge in [0.2, 0.25) is 0 Å². The molecule has 2 amide bonds. The fourth-order valence-corrected chi connectivity index (χ4v) is 3.19. The van der Waals surface area contributed by atoms with E-state index in [9.17, 15) is 4.79 Å². The summed E-state index contributed by atoms with van der Waals surface area (Å²) in [6, 6.07) is 2.45. The van der Waals surface area contributed by atoms with E-state index in [4.69, 9.17) is 0 Å². The first-order valence-corrected chi connectivity index (χ1v) is 9.10. The van der Waals surface area contributed by atoms with Crippen LogP contribution in [0.3, 0.4) is 0 Å². The van der Waals surface area contributed by atoms with Crippen molar-refractivity contribution in [3.63, 3.8) is 0 Å². The quantitative estimate of drug-likeness (QED) is 0.775. The lowest BCUT2D eigenvalue weighted by atomic mass is 10.1. The average molecular weight is 316 g/mol. The van der Waals surface area contributed by atoms with E-state index in [2.05, 4.69) is 38.6 Å². The van der Waals surface area contributed by atoms with Crippen LogP contribution in [0, 0.1) is 0 Å². The lowest BCUT2D eigenvalue weighted by molar-refractivity contribution is 0.230. The van der Waals surface area contributed by atoms with Crippen molar-refractivity contribution in [2.24, 2.45) is 0 Å². The number of likely N-dealkylation sites (N-methyl/N-ethyl adjacent to an activating group) is 1. The Hall–Kier alpha value is -0.720. The Bertz CT molecular complexity index is 382. The van der Waals surface area contributed by atoms with Gasteiger partial charge in [0.25, 0.3) is 0 Å². The Kier molecular flexibility index (Phi) is 8.02. The molecular formula is C14H25N3OS2. The van der Waals surface area contributed by atoms with Gasteiger partial charge in [-0.15, -0.1) is 0 Å². The number of nitrogens with zero attached hydrogens (tertiary/aromatic N) is 1. The van der Waals surface area contributed by atoms with Crippen LogP contribution in [0.4, 0.5) is 4.79 Å². The highest BCUT2D eigenvalue weighted by atomic mass is 32.2. The van der Waals surface area contributed by atoms with E-state index in [0.29, 0.717) is 6.54 Å². The Morgan fingerprint density at radius 2 is 2.25 bits per heavy atom. The molecule has 0 aliphatic carbocycles. The number of nitrogens with one attached hydrogen (secondary N) is 2. The third kappa shape index (κ3) is 6.15. The van der Waals surface area contributed by atoms with Crippen LogP contribution in [0.1, 0.15) is 24.9 Å². The molecule has 0 saturated heterocycles. The maximum absolute atomic E-state index is 11.9. The second kappa shape index (κ2) is 9.26. The first-order valence-electron chi connectivity index (χ1n) is 6.76. The number of hydrogen-bond donors (Lipinski definition) is 2. The van der Waals surface area contributed by atoms with Crippen molar-refractivity contribution in [3.8, 4) is 0 Å². The number of thiophene rings is 1. The van der Waals surface area contributed by atoms with Gasteiger partial charge in [-0.1, -0.05) is 0 Å². The van der Waals surface area contributed by atoms with Crippen molar-refractivity contribution in [1.29, 1.82) is 0 Å². The highest BCUT2D eigenvalue weighted by Gasteiger charge is 2.16. The summed E-state index contributed by atoms with van der Waals surface area (Å²) in [5.41, 5.74) is 1.25. The van der Waals surface area contributed by atoms with Crippen LogP contribution in [0.5, 0.6) is 0 Å². The molecule has 0 bridgehead atoms. The molecule has 4 nitrogen and oxygen atoms in total. The maximum Gasteiger partial charge on any atom is 0.315 e. The number of amides is 2. The molecule has 0 aliphatic heterocycles. The monoisotopic (exact) mass is 315 g/mol. The molecule has 2 N–H and O–H groups in total. The van der Waals surface area contributed by atoms with Gasteiger partial charge in [-0.2, -0.15) is 23.1 Å². The number of thioether (sulfide) groups is 1. The topological polar surface area (TPSA) is 44.4 Å². The summed E-state index contributed by atoms with van der Waals surface area (Å²) >= 11 is 3.48. The molecule has 114 valence electrons. The van der Waals surface area contributed by atoms with Gasteiger partial charge in [0.15, 0.2) is 0 Å². The van der Waals surface area contributed by atoms with Gasteiger partial charge >= 0.3 is 6.03 Å². The summed E-state index contributed by atoms with van der Waals surface area (Å²) in [5, 5.41) is 10.1. The second-order valence-corrected chi connectivity index (χ2v) is 6.84. The van der Waals surface area contributed by atoms with E-state index in [1.807, 2.05) is 21.0 Å². The van der Waals surface area contributed by atoms with Gasteiger partial charge in [-0.25, -0.2) is 4.79 Å². The van der Waals surface area contributed by atoms with E-state index in [-0.39, 0.29) is 18.1 Å². The molecule has 0 aliphatic rings. The van der Waals surface area contributed by atoms with E-state index >= 15 is 0 Å². The van der Waals surface area contributed by atoms with Crippen LogP contribution >= 0.6 is 23.1 Å². The molecule has 0 fully saturated rings. The summed E-state index contributed by atoms with van der Waals surface area (Å²) in [6.45, 7) is 2.66. The lowest BCUT2D eigenvalue weighted by Crippen LogP contribution is -2.44. The number of hydrogen-bond acceptors (Lipinski definition) is 4. The van der Waals surface area contributed by atoms with Crippen LogP contribution in [0.2, 0.25) is 0 Å². The Morgan fingerprint density at radius 3 is 2.80 bits per heavy atom. The molecule has 0 unspecified atom stereocenters. The zero-order valence-electron chi connectivity index (χ0n) is 12.7. The minimum absolute atomic E-state index is 0.0827. The molecule has 1 aromatic heterocycles. The van der Waals surface area contributed by atoms with Crippen molar-refractivity contribution in [2.75, 3.05) is 32.6 Å². The molecular weight excluding hydrogens is 290 g/mol. The lowest BCUT2D eigenvalue weighted by Gasteiger charge is -2.24. The van der Waals surface area contributed by atoms with Gasteiger partial charge in [0.1, 0.15) is 0 Å². The standard InChI is InChI=1S/C14H25N3OS2/c1-11(5-7-19-4)16-14(18)15-9-13(17(2)3)12-6-8-20-10-12/h6,8,10-11,13H,5,7,9H2,1-4H3,(H2,15,16,18)/t11-,13-/m1/s1. The van der Waals surface area contributed by atoms with E-state index in [1.165, 1.54) is 5.56 Å². The molecule has 0 spiro atoms. The SMILES string of the molecule is CSCC[C@@H](C)NC(=O)NC[C@H](c1ccsc1)N(C)C. The summed E-state index contributed by atoms with van der Waals surface area (Å²) in [7, 11) is 4.06. The number of urea groups is 1. The van der Waals surface area contributed by atoms with Crippen LogP contribution < -0.4 is 10.6 Å².